The number of carbonyl (C=O) groups excluding carboxylic acids is 1. The Morgan fingerprint density at radius 1 is 1.53 bits per heavy atom. The number of aromatic nitrogens is 1. The minimum Gasteiger partial charge on any atom is -0.393 e. The number of nitrogens with two attached hydrogens (primary N) is 1. The van der Waals surface area contributed by atoms with Gasteiger partial charge in [-0.1, -0.05) is 35.7 Å². The zero-order valence-corrected chi connectivity index (χ0v) is 10.8. The number of rotatable bonds is 3. The van der Waals surface area contributed by atoms with E-state index in [0.717, 1.165) is 10.2 Å². The van der Waals surface area contributed by atoms with Crippen molar-refractivity contribution >= 4 is 49.8 Å². The third-order valence-electron chi connectivity index (χ3n) is 2.34. The molecule has 0 radical (unpaired) electrons. The first-order chi connectivity index (χ1) is 8.08. The van der Waals surface area contributed by atoms with Gasteiger partial charge >= 0.3 is 0 Å². The summed E-state index contributed by atoms with van der Waals surface area (Å²) in [6, 6.07) is 7.70. The topological polar surface area (TPSA) is 68.0 Å². The summed E-state index contributed by atoms with van der Waals surface area (Å²) in [6.07, 6.45) is 0. The number of hydrogen-bond donors (Lipinski definition) is 2. The molecule has 1 amide bonds. The molecule has 0 aliphatic rings. The van der Waals surface area contributed by atoms with E-state index in [2.05, 4.69) is 10.3 Å². The van der Waals surface area contributed by atoms with Crippen molar-refractivity contribution < 1.29 is 4.79 Å². The van der Waals surface area contributed by atoms with E-state index in [1.165, 1.54) is 11.3 Å². The number of amides is 1. The van der Waals surface area contributed by atoms with E-state index in [4.69, 9.17) is 18.0 Å². The van der Waals surface area contributed by atoms with E-state index >= 15 is 0 Å². The molecule has 0 bridgehead atoms. The number of thiocarbonyl (C=S) groups is 1. The Morgan fingerprint density at radius 3 is 2.88 bits per heavy atom. The lowest BCUT2D eigenvalue weighted by molar-refractivity contribution is -0.117. The van der Waals surface area contributed by atoms with Crippen LogP contribution in [-0.2, 0) is 4.79 Å². The lowest BCUT2D eigenvalue weighted by Gasteiger charge is -2.07. The second-order valence-corrected chi connectivity index (χ2v) is 5.10. The van der Waals surface area contributed by atoms with Crippen LogP contribution in [0.25, 0.3) is 10.2 Å². The number of fused-ring (bicyclic) bond motifs is 1. The highest BCUT2D eigenvalue weighted by atomic mass is 32.1. The predicted molar refractivity (Wildman–Crippen MR) is 74.2 cm³/mol. The third kappa shape index (κ3) is 2.59. The average Bonchev–Trinajstić information content (AvgIpc) is 2.69. The van der Waals surface area contributed by atoms with E-state index in [1.54, 1.807) is 6.92 Å². The molecule has 17 heavy (non-hydrogen) atoms. The molecule has 2 aromatic rings. The van der Waals surface area contributed by atoms with Gasteiger partial charge in [0.15, 0.2) is 5.13 Å². The molecular formula is C11H11N3OS2. The van der Waals surface area contributed by atoms with Crippen LogP contribution >= 0.6 is 23.6 Å². The van der Waals surface area contributed by atoms with Crippen molar-refractivity contribution in [2.45, 2.75) is 6.92 Å². The molecule has 1 heterocycles. The minimum absolute atomic E-state index is 0.184. The first-order valence-corrected chi connectivity index (χ1v) is 6.26. The van der Waals surface area contributed by atoms with Gasteiger partial charge in [-0.05, 0) is 19.1 Å². The van der Waals surface area contributed by atoms with Gasteiger partial charge in [0.05, 0.1) is 21.1 Å². The molecule has 0 saturated carbocycles. The SMILES string of the molecule is CC(C(=O)Nc1nc2ccccc2s1)C(N)=S. The van der Waals surface area contributed by atoms with E-state index in [0.29, 0.717) is 5.13 Å². The monoisotopic (exact) mass is 265 g/mol. The van der Waals surface area contributed by atoms with Gasteiger partial charge in [0.2, 0.25) is 5.91 Å². The van der Waals surface area contributed by atoms with Crippen LogP contribution in [0.1, 0.15) is 6.92 Å². The van der Waals surface area contributed by atoms with Crippen molar-refractivity contribution in [3.05, 3.63) is 24.3 Å². The molecule has 2 rings (SSSR count). The van der Waals surface area contributed by atoms with Gasteiger partial charge < -0.3 is 11.1 Å². The first-order valence-electron chi connectivity index (χ1n) is 5.03. The molecule has 1 aromatic heterocycles. The van der Waals surface area contributed by atoms with Crippen molar-refractivity contribution in [1.82, 2.24) is 4.98 Å². The fraction of sp³-hybridized carbons (Fsp3) is 0.182. The molecule has 88 valence electrons. The molecule has 3 N–H and O–H groups in total. The third-order valence-corrected chi connectivity index (χ3v) is 3.65. The van der Waals surface area contributed by atoms with Crippen LogP contribution in [0.4, 0.5) is 5.13 Å². The van der Waals surface area contributed by atoms with Gasteiger partial charge in [0, 0.05) is 0 Å². The van der Waals surface area contributed by atoms with Gasteiger partial charge in [-0.25, -0.2) is 4.98 Å². The van der Waals surface area contributed by atoms with E-state index in [1.807, 2.05) is 24.3 Å². The number of nitrogens with zero attached hydrogens (tertiary/aromatic N) is 1. The van der Waals surface area contributed by atoms with Gasteiger partial charge in [0.25, 0.3) is 0 Å². The summed E-state index contributed by atoms with van der Waals surface area (Å²) in [5.74, 6) is -0.714. The standard InChI is InChI=1S/C11H11N3OS2/c1-6(9(12)16)10(15)14-11-13-7-4-2-3-5-8(7)17-11/h2-6H,1H3,(H2,12,16)(H,13,14,15). The largest absolute Gasteiger partial charge is 0.393 e. The Balaban J connectivity index is 2.19. The van der Waals surface area contributed by atoms with Crippen LogP contribution in [0.3, 0.4) is 0 Å². The van der Waals surface area contributed by atoms with Crippen LogP contribution in [0.2, 0.25) is 0 Å². The molecule has 6 heteroatoms. The lowest BCUT2D eigenvalue weighted by Crippen LogP contribution is -2.30. The van der Waals surface area contributed by atoms with Gasteiger partial charge in [-0.15, -0.1) is 0 Å². The Morgan fingerprint density at radius 2 is 2.24 bits per heavy atom. The van der Waals surface area contributed by atoms with Crippen LogP contribution in [0, 0.1) is 5.92 Å². The summed E-state index contributed by atoms with van der Waals surface area (Å²) in [7, 11) is 0. The quantitative estimate of drug-likeness (QED) is 0.834. The second-order valence-electron chi connectivity index (χ2n) is 3.60. The fourth-order valence-electron chi connectivity index (χ4n) is 1.27. The first kappa shape index (κ1) is 11.9. The van der Waals surface area contributed by atoms with E-state index in [9.17, 15) is 4.79 Å². The Labute approximate surface area is 108 Å². The molecule has 1 atom stereocenters. The number of hydrogen-bond acceptors (Lipinski definition) is 4. The Hall–Kier alpha value is -1.53. The van der Waals surface area contributed by atoms with Crippen LogP contribution in [-0.4, -0.2) is 15.9 Å². The van der Waals surface area contributed by atoms with Crippen molar-refractivity contribution in [2.24, 2.45) is 11.7 Å². The number of nitrogens with one attached hydrogen (secondary N) is 1. The predicted octanol–water partition coefficient (Wildman–Crippen LogP) is 2.16. The summed E-state index contributed by atoms with van der Waals surface area (Å²) >= 11 is 6.20. The molecule has 0 aliphatic carbocycles. The number of carbonyl (C=O) groups is 1. The molecule has 1 aromatic carbocycles. The summed E-state index contributed by atoms with van der Waals surface area (Å²) in [5.41, 5.74) is 6.29. The molecule has 0 spiro atoms. The Kier molecular flexibility index (Phi) is 3.35. The van der Waals surface area contributed by atoms with Crippen molar-refractivity contribution in [1.29, 1.82) is 0 Å². The van der Waals surface area contributed by atoms with Crippen molar-refractivity contribution in [2.75, 3.05) is 5.32 Å². The highest BCUT2D eigenvalue weighted by Gasteiger charge is 2.17. The molecular weight excluding hydrogens is 254 g/mol. The minimum atomic E-state index is -0.489. The molecule has 0 fully saturated rings. The maximum atomic E-state index is 11.7. The summed E-state index contributed by atoms with van der Waals surface area (Å²) in [5, 5.41) is 3.28. The number of anilines is 1. The van der Waals surface area contributed by atoms with E-state index in [-0.39, 0.29) is 10.9 Å². The summed E-state index contributed by atoms with van der Waals surface area (Å²) in [4.78, 5) is 16.2. The fourth-order valence-corrected chi connectivity index (χ4v) is 2.24. The maximum Gasteiger partial charge on any atom is 0.235 e. The maximum absolute atomic E-state index is 11.7. The van der Waals surface area contributed by atoms with Crippen LogP contribution in [0.15, 0.2) is 24.3 Å². The second kappa shape index (κ2) is 4.77. The smallest absolute Gasteiger partial charge is 0.235 e. The lowest BCUT2D eigenvalue weighted by atomic mass is 10.2. The average molecular weight is 265 g/mol. The molecule has 1 unspecified atom stereocenters. The highest BCUT2D eigenvalue weighted by Crippen LogP contribution is 2.25. The zero-order chi connectivity index (χ0) is 12.4. The molecule has 0 aliphatic heterocycles. The summed E-state index contributed by atoms with van der Waals surface area (Å²) < 4.78 is 1.03. The van der Waals surface area contributed by atoms with Crippen LogP contribution in [0.5, 0.6) is 0 Å². The Bertz CT molecular complexity index is 546. The van der Waals surface area contributed by atoms with Gasteiger partial charge in [-0.2, -0.15) is 0 Å². The van der Waals surface area contributed by atoms with Gasteiger partial charge in [-0.3, -0.25) is 4.79 Å². The van der Waals surface area contributed by atoms with E-state index < -0.39 is 5.92 Å². The normalized spacial score (nSPS) is 12.3. The number of para-hydroxylation sites is 1. The molecule has 4 nitrogen and oxygen atoms in total. The highest BCUT2D eigenvalue weighted by molar-refractivity contribution is 7.80. The van der Waals surface area contributed by atoms with Crippen molar-refractivity contribution in [3.8, 4) is 0 Å². The number of benzene rings is 1. The summed E-state index contributed by atoms with van der Waals surface area (Å²) in [6.45, 7) is 1.67. The zero-order valence-electron chi connectivity index (χ0n) is 9.14. The van der Waals surface area contributed by atoms with Crippen LogP contribution < -0.4 is 11.1 Å². The van der Waals surface area contributed by atoms with Gasteiger partial charge in [0.1, 0.15) is 0 Å². The molecule has 0 saturated heterocycles. The van der Waals surface area contributed by atoms with Crippen molar-refractivity contribution in [3.63, 3.8) is 0 Å². The number of thiazole rings is 1.